The number of methoxy groups -OCH3 is 1. The van der Waals surface area contributed by atoms with Crippen LogP contribution in [0.5, 0.6) is 0 Å². The fourth-order valence-corrected chi connectivity index (χ4v) is 0.659. The molecule has 0 aliphatic rings. The summed E-state index contributed by atoms with van der Waals surface area (Å²) >= 11 is 0. The first-order chi connectivity index (χ1) is 6.62. The molecule has 0 spiro atoms. The quantitative estimate of drug-likeness (QED) is 0.678. The Labute approximate surface area is 86.8 Å². The lowest BCUT2D eigenvalue weighted by Crippen LogP contribution is -2.13. The van der Waals surface area contributed by atoms with E-state index < -0.39 is 0 Å². The standard InChI is InChI=1S/2C5H12O2/c1-3-5(4-6)7-2;1-3-7-4-5(2)6/h2*5-6H,3-4H2,1-2H3. The van der Waals surface area contributed by atoms with Crippen LogP contribution in [0, 0.1) is 0 Å². The molecule has 0 aliphatic heterocycles. The highest BCUT2D eigenvalue weighted by atomic mass is 16.5. The van der Waals surface area contributed by atoms with Gasteiger partial charge in [0, 0.05) is 13.7 Å². The van der Waals surface area contributed by atoms with Crippen LogP contribution in [0.4, 0.5) is 0 Å². The molecule has 4 nitrogen and oxygen atoms in total. The number of aliphatic hydroxyl groups excluding tert-OH is 2. The van der Waals surface area contributed by atoms with Gasteiger partial charge in [0.1, 0.15) is 0 Å². The van der Waals surface area contributed by atoms with Crippen molar-refractivity contribution in [2.45, 2.75) is 39.4 Å². The van der Waals surface area contributed by atoms with Crippen LogP contribution in [0.1, 0.15) is 27.2 Å². The van der Waals surface area contributed by atoms with Crippen LogP contribution in [-0.4, -0.2) is 49.4 Å². The molecule has 2 unspecified atom stereocenters. The van der Waals surface area contributed by atoms with Crippen LogP contribution in [0.3, 0.4) is 0 Å². The second kappa shape index (κ2) is 12.8. The zero-order valence-electron chi connectivity index (χ0n) is 9.69. The Morgan fingerprint density at radius 2 is 1.86 bits per heavy atom. The Morgan fingerprint density at radius 1 is 1.29 bits per heavy atom. The number of aliphatic hydroxyl groups is 2. The number of hydrogen-bond donors (Lipinski definition) is 2. The molecule has 2 N–H and O–H groups in total. The summed E-state index contributed by atoms with van der Waals surface area (Å²) in [5.74, 6) is 0. The van der Waals surface area contributed by atoms with E-state index in [0.29, 0.717) is 13.2 Å². The summed E-state index contributed by atoms with van der Waals surface area (Å²) in [5, 5.41) is 17.0. The predicted octanol–water partition coefficient (Wildman–Crippen LogP) is 0.807. The monoisotopic (exact) mass is 208 g/mol. The van der Waals surface area contributed by atoms with Crippen molar-refractivity contribution in [2.75, 3.05) is 26.9 Å². The molecular weight excluding hydrogens is 184 g/mol. The van der Waals surface area contributed by atoms with Crippen LogP contribution in [0.25, 0.3) is 0 Å². The molecule has 0 heterocycles. The molecule has 88 valence electrons. The van der Waals surface area contributed by atoms with Crippen molar-refractivity contribution < 1.29 is 19.7 Å². The van der Waals surface area contributed by atoms with Gasteiger partial charge in [-0.3, -0.25) is 0 Å². The molecule has 0 radical (unpaired) electrons. The van der Waals surface area contributed by atoms with E-state index >= 15 is 0 Å². The summed E-state index contributed by atoms with van der Waals surface area (Å²) in [7, 11) is 1.60. The molecule has 0 aromatic rings. The zero-order chi connectivity index (χ0) is 11.4. The second-order valence-electron chi connectivity index (χ2n) is 2.96. The highest BCUT2D eigenvalue weighted by molar-refractivity contribution is 4.47. The molecule has 0 saturated carbocycles. The van der Waals surface area contributed by atoms with Gasteiger partial charge < -0.3 is 19.7 Å². The molecule has 0 bridgehead atoms. The van der Waals surface area contributed by atoms with Gasteiger partial charge in [-0.1, -0.05) is 6.92 Å². The fourth-order valence-electron chi connectivity index (χ4n) is 0.659. The van der Waals surface area contributed by atoms with E-state index in [1.54, 1.807) is 14.0 Å². The second-order valence-corrected chi connectivity index (χ2v) is 2.96. The lowest BCUT2D eigenvalue weighted by molar-refractivity contribution is 0.0467. The third-order valence-electron chi connectivity index (χ3n) is 1.56. The minimum Gasteiger partial charge on any atom is -0.394 e. The topological polar surface area (TPSA) is 58.9 Å². The molecule has 0 saturated heterocycles. The molecule has 0 fully saturated rings. The van der Waals surface area contributed by atoms with E-state index in [1.165, 1.54) is 0 Å². The third kappa shape index (κ3) is 14.4. The van der Waals surface area contributed by atoms with Gasteiger partial charge in [-0.15, -0.1) is 0 Å². The zero-order valence-corrected chi connectivity index (χ0v) is 9.69. The molecular formula is C10H24O4. The van der Waals surface area contributed by atoms with Gasteiger partial charge >= 0.3 is 0 Å². The summed E-state index contributed by atoms with van der Waals surface area (Å²) in [6.07, 6.45) is 0.604. The van der Waals surface area contributed by atoms with Crippen molar-refractivity contribution in [1.29, 1.82) is 0 Å². The van der Waals surface area contributed by atoms with Crippen LogP contribution in [0.2, 0.25) is 0 Å². The van der Waals surface area contributed by atoms with Gasteiger partial charge in [-0.25, -0.2) is 0 Å². The summed E-state index contributed by atoms with van der Waals surface area (Å²) in [6, 6.07) is 0. The summed E-state index contributed by atoms with van der Waals surface area (Å²) in [6.45, 7) is 6.86. The summed E-state index contributed by atoms with van der Waals surface area (Å²) in [4.78, 5) is 0. The van der Waals surface area contributed by atoms with Crippen LogP contribution >= 0.6 is 0 Å². The van der Waals surface area contributed by atoms with Gasteiger partial charge in [0.25, 0.3) is 0 Å². The predicted molar refractivity (Wildman–Crippen MR) is 56.3 cm³/mol. The van der Waals surface area contributed by atoms with Gasteiger partial charge in [0.15, 0.2) is 0 Å². The minimum absolute atomic E-state index is 0.0417. The molecule has 2 atom stereocenters. The summed E-state index contributed by atoms with van der Waals surface area (Å²) in [5.41, 5.74) is 0. The Kier molecular flexibility index (Phi) is 14.9. The highest BCUT2D eigenvalue weighted by Crippen LogP contribution is 1.91. The van der Waals surface area contributed by atoms with Crippen molar-refractivity contribution in [2.24, 2.45) is 0 Å². The van der Waals surface area contributed by atoms with E-state index in [2.05, 4.69) is 0 Å². The number of hydrogen-bond acceptors (Lipinski definition) is 4. The third-order valence-corrected chi connectivity index (χ3v) is 1.56. The van der Waals surface area contributed by atoms with Gasteiger partial charge in [-0.05, 0) is 20.3 Å². The van der Waals surface area contributed by atoms with Crippen LogP contribution in [-0.2, 0) is 9.47 Å². The molecule has 0 amide bonds. The normalized spacial score (nSPS) is 14.1. The van der Waals surface area contributed by atoms with E-state index in [1.807, 2.05) is 13.8 Å². The Balaban J connectivity index is 0. The number of rotatable bonds is 6. The van der Waals surface area contributed by atoms with E-state index in [0.717, 1.165) is 6.42 Å². The fraction of sp³-hybridized carbons (Fsp3) is 1.00. The maximum Gasteiger partial charge on any atom is 0.0799 e. The molecule has 4 heteroatoms. The van der Waals surface area contributed by atoms with Crippen molar-refractivity contribution in [1.82, 2.24) is 0 Å². The SMILES string of the molecule is CCC(CO)OC.CCOCC(C)O. The van der Waals surface area contributed by atoms with Crippen LogP contribution < -0.4 is 0 Å². The molecule has 0 rings (SSSR count). The lowest BCUT2D eigenvalue weighted by Gasteiger charge is -2.06. The largest absolute Gasteiger partial charge is 0.394 e. The van der Waals surface area contributed by atoms with E-state index in [-0.39, 0.29) is 18.8 Å². The van der Waals surface area contributed by atoms with E-state index in [9.17, 15) is 0 Å². The van der Waals surface area contributed by atoms with Crippen molar-refractivity contribution >= 4 is 0 Å². The van der Waals surface area contributed by atoms with Crippen molar-refractivity contribution in [3.63, 3.8) is 0 Å². The van der Waals surface area contributed by atoms with Gasteiger partial charge in [0.05, 0.1) is 25.4 Å². The Bertz CT molecular complexity index is 86.6. The molecule has 0 aromatic carbocycles. The number of ether oxygens (including phenoxy) is 2. The Morgan fingerprint density at radius 3 is 1.93 bits per heavy atom. The lowest BCUT2D eigenvalue weighted by atomic mass is 10.3. The smallest absolute Gasteiger partial charge is 0.0799 e. The first-order valence-electron chi connectivity index (χ1n) is 5.01. The molecule has 0 aromatic heterocycles. The van der Waals surface area contributed by atoms with E-state index in [4.69, 9.17) is 19.7 Å². The average Bonchev–Trinajstić information content (AvgIpc) is 2.18. The van der Waals surface area contributed by atoms with Crippen molar-refractivity contribution in [3.8, 4) is 0 Å². The first-order valence-corrected chi connectivity index (χ1v) is 5.01. The highest BCUT2D eigenvalue weighted by Gasteiger charge is 1.97. The summed E-state index contributed by atoms with van der Waals surface area (Å²) < 4.78 is 9.64. The van der Waals surface area contributed by atoms with Gasteiger partial charge in [-0.2, -0.15) is 0 Å². The molecule has 0 aliphatic carbocycles. The van der Waals surface area contributed by atoms with Crippen molar-refractivity contribution in [3.05, 3.63) is 0 Å². The van der Waals surface area contributed by atoms with Gasteiger partial charge in [0.2, 0.25) is 0 Å². The maximum atomic E-state index is 8.56. The average molecular weight is 208 g/mol. The first kappa shape index (κ1) is 16.3. The van der Waals surface area contributed by atoms with Crippen LogP contribution in [0.15, 0.2) is 0 Å². The minimum atomic E-state index is -0.319. The Hall–Kier alpha value is -0.160. The molecule has 14 heavy (non-hydrogen) atoms. The maximum absolute atomic E-state index is 8.56.